The van der Waals surface area contributed by atoms with Gasteiger partial charge in [0.2, 0.25) is 0 Å². The summed E-state index contributed by atoms with van der Waals surface area (Å²) in [7, 11) is -3.77. The molecule has 0 aliphatic carbocycles. The average molecular weight is 426 g/mol. The Hall–Kier alpha value is -3.19. The highest BCUT2D eigenvalue weighted by atomic mass is 32.2. The van der Waals surface area contributed by atoms with Crippen molar-refractivity contribution in [3.05, 3.63) is 71.4 Å². The first-order valence-electron chi connectivity index (χ1n) is 9.47. The summed E-state index contributed by atoms with van der Waals surface area (Å²) in [5.41, 5.74) is 3.08. The standard InChI is InChI=1S/C23H23NO5S/c1-16-4-9-20(10-5-16)30(27,28)24-14-12-22-21(13-15-29-18(3)26)19(7-6-17(2)25)8-11-23(22)24/h4-12,14H,13,15H2,1-3H3/b7-6+. The molecule has 0 aliphatic heterocycles. The van der Waals surface area contributed by atoms with Crippen LogP contribution in [-0.4, -0.2) is 30.7 Å². The summed E-state index contributed by atoms with van der Waals surface area (Å²) in [6.45, 7) is 4.85. The molecule has 0 amide bonds. The van der Waals surface area contributed by atoms with Crippen molar-refractivity contribution in [3.8, 4) is 0 Å². The molecular formula is C23H23NO5S. The maximum absolute atomic E-state index is 13.2. The molecule has 30 heavy (non-hydrogen) atoms. The van der Waals surface area contributed by atoms with Gasteiger partial charge >= 0.3 is 5.97 Å². The summed E-state index contributed by atoms with van der Waals surface area (Å²) < 4.78 is 32.7. The van der Waals surface area contributed by atoms with Crippen molar-refractivity contribution < 1.29 is 22.7 Å². The number of nitrogens with zero attached hydrogens (tertiary/aromatic N) is 1. The fourth-order valence-corrected chi connectivity index (χ4v) is 4.59. The molecule has 0 spiro atoms. The second-order valence-electron chi connectivity index (χ2n) is 7.03. The van der Waals surface area contributed by atoms with Crippen LogP contribution in [0.3, 0.4) is 0 Å². The minimum atomic E-state index is -3.77. The predicted molar refractivity (Wildman–Crippen MR) is 116 cm³/mol. The summed E-state index contributed by atoms with van der Waals surface area (Å²) in [6, 6.07) is 11.9. The largest absolute Gasteiger partial charge is 0.466 e. The number of ketones is 1. The number of hydrogen-bond donors (Lipinski definition) is 0. The van der Waals surface area contributed by atoms with Gasteiger partial charge in [-0.2, -0.15) is 0 Å². The van der Waals surface area contributed by atoms with E-state index in [4.69, 9.17) is 4.74 Å². The van der Waals surface area contributed by atoms with Gasteiger partial charge in [-0.25, -0.2) is 12.4 Å². The van der Waals surface area contributed by atoms with E-state index in [0.29, 0.717) is 11.9 Å². The number of esters is 1. The second-order valence-corrected chi connectivity index (χ2v) is 8.84. The Bertz CT molecular complexity index is 1230. The minimum absolute atomic E-state index is 0.0967. The number of fused-ring (bicyclic) bond motifs is 1. The molecule has 0 N–H and O–H groups in total. The molecule has 6 nitrogen and oxygen atoms in total. The topological polar surface area (TPSA) is 82.4 Å². The van der Waals surface area contributed by atoms with Crippen molar-refractivity contribution in [2.45, 2.75) is 32.1 Å². The van der Waals surface area contributed by atoms with Crippen LogP contribution >= 0.6 is 0 Å². The van der Waals surface area contributed by atoms with Gasteiger partial charge in [-0.15, -0.1) is 0 Å². The molecule has 0 radical (unpaired) electrons. The van der Waals surface area contributed by atoms with Crippen molar-refractivity contribution in [2.75, 3.05) is 6.61 Å². The first-order valence-corrected chi connectivity index (χ1v) is 10.9. The van der Waals surface area contributed by atoms with Gasteiger partial charge < -0.3 is 4.74 Å². The predicted octanol–water partition coefficient (Wildman–Crippen LogP) is 3.89. The summed E-state index contributed by atoms with van der Waals surface area (Å²) in [5.74, 6) is -0.483. The Morgan fingerprint density at radius 1 is 1.03 bits per heavy atom. The van der Waals surface area contributed by atoms with Crippen molar-refractivity contribution in [1.82, 2.24) is 3.97 Å². The molecule has 0 unspecified atom stereocenters. The Balaban J connectivity index is 2.12. The van der Waals surface area contributed by atoms with Crippen LogP contribution in [0.4, 0.5) is 0 Å². The number of ether oxygens (including phenoxy) is 1. The van der Waals surface area contributed by atoms with Crippen LogP contribution in [0.1, 0.15) is 30.5 Å². The van der Waals surface area contributed by atoms with Gasteiger partial charge in [0.1, 0.15) is 0 Å². The van der Waals surface area contributed by atoms with E-state index in [2.05, 4.69) is 0 Å². The zero-order chi connectivity index (χ0) is 21.9. The Morgan fingerprint density at radius 2 is 1.73 bits per heavy atom. The lowest BCUT2D eigenvalue weighted by Crippen LogP contribution is -2.12. The maximum atomic E-state index is 13.2. The smallest absolute Gasteiger partial charge is 0.302 e. The van der Waals surface area contributed by atoms with E-state index in [-0.39, 0.29) is 23.3 Å². The van der Waals surface area contributed by atoms with Crippen molar-refractivity contribution in [3.63, 3.8) is 0 Å². The number of aryl methyl sites for hydroxylation is 1. The molecule has 0 saturated carbocycles. The van der Waals surface area contributed by atoms with E-state index in [0.717, 1.165) is 22.1 Å². The van der Waals surface area contributed by atoms with Gasteiger partial charge in [0.05, 0.1) is 17.0 Å². The molecule has 1 heterocycles. The number of hydrogen-bond acceptors (Lipinski definition) is 5. The molecule has 0 bridgehead atoms. The van der Waals surface area contributed by atoms with E-state index >= 15 is 0 Å². The molecule has 0 saturated heterocycles. The minimum Gasteiger partial charge on any atom is -0.466 e. The second kappa shape index (κ2) is 8.67. The average Bonchev–Trinajstić information content (AvgIpc) is 3.12. The number of allylic oxidation sites excluding steroid dienone is 1. The van der Waals surface area contributed by atoms with Crippen LogP contribution in [0.25, 0.3) is 17.0 Å². The molecular weight excluding hydrogens is 402 g/mol. The van der Waals surface area contributed by atoms with Gasteiger partial charge in [0.25, 0.3) is 10.0 Å². The molecule has 3 rings (SSSR count). The van der Waals surface area contributed by atoms with Gasteiger partial charge in [0.15, 0.2) is 5.78 Å². The molecule has 0 aliphatic rings. The van der Waals surface area contributed by atoms with Crippen LogP contribution in [0.2, 0.25) is 0 Å². The molecule has 2 aromatic carbocycles. The number of carbonyl (C=O) groups is 2. The number of aromatic nitrogens is 1. The highest BCUT2D eigenvalue weighted by molar-refractivity contribution is 7.90. The lowest BCUT2D eigenvalue weighted by Gasteiger charge is -2.11. The van der Waals surface area contributed by atoms with Crippen LogP contribution < -0.4 is 0 Å². The summed E-state index contributed by atoms with van der Waals surface area (Å²) in [4.78, 5) is 22.7. The number of carbonyl (C=O) groups excluding carboxylic acids is 2. The lowest BCUT2D eigenvalue weighted by atomic mass is 10.00. The van der Waals surface area contributed by atoms with Crippen LogP contribution in [0.15, 0.2) is 59.6 Å². The highest BCUT2D eigenvalue weighted by Gasteiger charge is 2.20. The summed E-state index contributed by atoms with van der Waals surface area (Å²) >= 11 is 0. The maximum Gasteiger partial charge on any atom is 0.302 e. The molecule has 156 valence electrons. The van der Waals surface area contributed by atoms with Crippen molar-refractivity contribution >= 4 is 38.8 Å². The van der Waals surface area contributed by atoms with Crippen LogP contribution in [0.5, 0.6) is 0 Å². The van der Waals surface area contributed by atoms with Crippen molar-refractivity contribution in [2.24, 2.45) is 0 Å². The fourth-order valence-electron chi connectivity index (χ4n) is 3.24. The third kappa shape index (κ3) is 4.52. The summed E-state index contributed by atoms with van der Waals surface area (Å²) in [5, 5.41) is 0.726. The number of benzene rings is 2. The third-order valence-corrected chi connectivity index (χ3v) is 6.42. The third-order valence-electron chi connectivity index (χ3n) is 4.72. The monoisotopic (exact) mass is 425 g/mol. The molecule has 0 fully saturated rings. The molecule has 0 atom stereocenters. The van der Waals surface area contributed by atoms with E-state index < -0.39 is 10.0 Å². The Labute approximate surface area is 175 Å². The van der Waals surface area contributed by atoms with E-state index in [9.17, 15) is 18.0 Å². The first-order chi connectivity index (χ1) is 14.2. The van der Waals surface area contributed by atoms with Gasteiger partial charge in [0, 0.05) is 24.9 Å². The summed E-state index contributed by atoms with van der Waals surface area (Å²) in [6.07, 6.45) is 5.06. The Morgan fingerprint density at radius 3 is 2.37 bits per heavy atom. The quantitative estimate of drug-likeness (QED) is 0.424. The molecule has 1 aromatic heterocycles. The SMILES string of the molecule is CC(=O)/C=C/c1ccc2c(ccn2S(=O)(=O)c2ccc(C)cc2)c1CCOC(C)=O. The van der Waals surface area contributed by atoms with Crippen LogP contribution in [-0.2, 0) is 30.8 Å². The molecule has 3 aromatic rings. The fraction of sp³-hybridized carbons (Fsp3) is 0.217. The Kier molecular flexibility index (Phi) is 6.22. The van der Waals surface area contributed by atoms with Crippen LogP contribution in [0, 0.1) is 6.92 Å². The van der Waals surface area contributed by atoms with E-state index in [1.807, 2.05) is 6.92 Å². The molecule has 7 heteroatoms. The van der Waals surface area contributed by atoms with Gasteiger partial charge in [-0.05, 0) is 55.3 Å². The lowest BCUT2D eigenvalue weighted by molar-refractivity contribution is -0.140. The zero-order valence-electron chi connectivity index (χ0n) is 17.1. The first kappa shape index (κ1) is 21.5. The van der Waals surface area contributed by atoms with Crippen molar-refractivity contribution in [1.29, 1.82) is 0 Å². The van der Waals surface area contributed by atoms with E-state index in [1.54, 1.807) is 48.5 Å². The normalized spacial score (nSPS) is 11.8. The zero-order valence-corrected chi connectivity index (χ0v) is 17.9. The van der Waals surface area contributed by atoms with E-state index in [1.165, 1.54) is 30.1 Å². The number of rotatable bonds is 7. The van der Waals surface area contributed by atoms with Gasteiger partial charge in [-0.1, -0.05) is 29.8 Å². The van der Waals surface area contributed by atoms with Gasteiger partial charge in [-0.3, -0.25) is 9.59 Å². The highest BCUT2D eigenvalue weighted by Crippen LogP contribution is 2.28.